The number of pyridine rings is 1. The standard InChI is InChI=1S/C16H18N2O/c1-11-9-12(5-7-18-11)13-3-2-4-15-14(13)6-8-19-16(15)10-17/h2-5,7,9,16H,6,8,10,17H2,1H3/t16-/m1/s1. The summed E-state index contributed by atoms with van der Waals surface area (Å²) in [5, 5.41) is 0. The number of nitrogens with zero attached hydrogens (tertiary/aromatic N) is 1. The first-order valence-corrected chi connectivity index (χ1v) is 6.66. The second-order valence-corrected chi connectivity index (χ2v) is 4.90. The minimum Gasteiger partial charge on any atom is -0.372 e. The molecule has 0 saturated carbocycles. The van der Waals surface area contributed by atoms with E-state index in [0.29, 0.717) is 6.54 Å². The van der Waals surface area contributed by atoms with Gasteiger partial charge in [0.25, 0.3) is 0 Å². The van der Waals surface area contributed by atoms with E-state index in [2.05, 4.69) is 35.3 Å². The molecule has 1 aromatic heterocycles. The van der Waals surface area contributed by atoms with Crippen molar-refractivity contribution in [1.82, 2.24) is 4.98 Å². The average Bonchev–Trinajstić information content (AvgIpc) is 2.46. The molecule has 0 bridgehead atoms. The molecule has 0 aliphatic carbocycles. The van der Waals surface area contributed by atoms with E-state index in [9.17, 15) is 0 Å². The van der Waals surface area contributed by atoms with Gasteiger partial charge >= 0.3 is 0 Å². The van der Waals surface area contributed by atoms with Crippen molar-refractivity contribution in [3.63, 3.8) is 0 Å². The fourth-order valence-corrected chi connectivity index (χ4v) is 2.76. The molecule has 1 atom stereocenters. The summed E-state index contributed by atoms with van der Waals surface area (Å²) < 4.78 is 5.73. The van der Waals surface area contributed by atoms with Crippen LogP contribution in [0, 0.1) is 6.92 Å². The minimum absolute atomic E-state index is 0.0339. The van der Waals surface area contributed by atoms with Gasteiger partial charge in [-0.2, -0.15) is 0 Å². The summed E-state index contributed by atoms with van der Waals surface area (Å²) in [5.74, 6) is 0. The van der Waals surface area contributed by atoms with E-state index in [4.69, 9.17) is 10.5 Å². The van der Waals surface area contributed by atoms with Crippen LogP contribution < -0.4 is 5.73 Å². The van der Waals surface area contributed by atoms with E-state index in [1.165, 1.54) is 22.3 Å². The lowest BCUT2D eigenvalue weighted by Gasteiger charge is -2.27. The van der Waals surface area contributed by atoms with E-state index in [1.807, 2.05) is 13.1 Å². The first-order chi connectivity index (χ1) is 9.29. The topological polar surface area (TPSA) is 48.1 Å². The van der Waals surface area contributed by atoms with Crippen LogP contribution in [0.3, 0.4) is 0 Å². The number of fused-ring (bicyclic) bond motifs is 1. The number of rotatable bonds is 2. The van der Waals surface area contributed by atoms with Crippen LogP contribution in [-0.2, 0) is 11.2 Å². The third kappa shape index (κ3) is 2.27. The summed E-state index contributed by atoms with van der Waals surface area (Å²) in [6.45, 7) is 3.30. The van der Waals surface area contributed by atoms with Crippen LogP contribution in [0.5, 0.6) is 0 Å². The predicted octanol–water partition coefficient (Wildman–Crippen LogP) is 2.63. The molecule has 0 radical (unpaired) electrons. The number of hydrogen-bond donors (Lipinski definition) is 1. The molecule has 0 saturated heterocycles. The lowest BCUT2D eigenvalue weighted by atomic mass is 9.90. The summed E-state index contributed by atoms with van der Waals surface area (Å²) in [4.78, 5) is 4.26. The largest absolute Gasteiger partial charge is 0.372 e. The SMILES string of the molecule is Cc1cc(-c2cccc3c2CCO[C@@H]3CN)ccn1. The van der Waals surface area contributed by atoms with Crippen molar-refractivity contribution in [2.45, 2.75) is 19.4 Å². The predicted molar refractivity (Wildman–Crippen MR) is 75.9 cm³/mol. The average molecular weight is 254 g/mol. The van der Waals surface area contributed by atoms with Gasteiger partial charge in [-0.15, -0.1) is 0 Å². The monoisotopic (exact) mass is 254 g/mol. The van der Waals surface area contributed by atoms with E-state index in [1.54, 1.807) is 0 Å². The zero-order valence-corrected chi connectivity index (χ0v) is 11.1. The quantitative estimate of drug-likeness (QED) is 0.896. The zero-order chi connectivity index (χ0) is 13.2. The van der Waals surface area contributed by atoms with Crippen molar-refractivity contribution in [2.24, 2.45) is 5.73 Å². The molecular formula is C16H18N2O. The molecule has 3 rings (SSSR count). The smallest absolute Gasteiger partial charge is 0.0950 e. The molecule has 0 spiro atoms. The number of aryl methyl sites for hydroxylation is 1. The Kier molecular flexibility index (Phi) is 3.32. The molecule has 19 heavy (non-hydrogen) atoms. The van der Waals surface area contributed by atoms with E-state index >= 15 is 0 Å². The van der Waals surface area contributed by atoms with E-state index < -0.39 is 0 Å². The maximum absolute atomic E-state index is 5.80. The highest BCUT2D eigenvalue weighted by atomic mass is 16.5. The summed E-state index contributed by atoms with van der Waals surface area (Å²) >= 11 is 0. The van der Waals surface area contributed by atoms with Gasteiger partial charge in [-0.05, 0) is 47.7 Å². The molecule has 1 aliphatic rings. The third-order valence-corrected chi connectivity index (χ3v) is 3.65. The number of nitrogens with two attached hydrogens (primary N) is 1. The Morgan fingerprint density at radius 1 is 1.37 bits per heavy atom. The second-order valence-electron chi connectivity index (χ2n) is 4.90. The van der Waals surface area contributed by atoms with Gasteiger partial charge in [0.1, 0.15) is 0 Å². The van der Waals surface area contributed by atoms with Gasteiger partial charge in [-0.3, -0.25) is 4.98 Å². The van der Waals surface area contributed by atoms with Crippen LogP contribution in [0.15, 0.2) is 36.5 Å². The molecule has 1 aliphatic heterocycles. The van der Waals surface area contributed by atoms with Crippen LogP contribution in [0.25, 0.3) is 11.1 Å². The summed E-state index contributed by atoms with van der Waals surface area (Å²) in [5.41, 5.74) is 11.9. The summed E-state index contributed by atoms with van der Waals surface area (Å²) in [6, 6.07) is 10.6. The highest BCUT2D eigenvalue weighted by molar-refractivity contribution is 5.69. The molecule has 1 aromatic carbocycles. The second kappa shape index (κ2) is 5.11. The van der Waals surface area contributed by atoms with Crippen molar-refractivity contribution in [1.29, 1.82) is 0 Å². The Balaban J connectivity index is 2.13. The first-order valence-electron chi connectivity index (χ1n) is 6.66. The maximum Gasteiger partial charge on any atom is 0.0950 e. The van der Waals surface area contributed by atoms with Crippen molar-refractivity contribution in [3.8, 4) is 11.1 Å². The van der Waals surface area contributed by atoms with Crippen LogP contribution in [-0.4, -0.2) is 18.1 Å². The molecule has 98 valence electrons. The molecule has 2 heterocycles. The number of hydrogen-bond acceptors (Lipinski definition) is 3. The Morgan fingerprint density at radius 3 is 3.05 bits per heavy atom. The molecule has 2 N–H and O–H groups in total. The molecule has 2 aromatic rings. The zero-order valence-electron chi connectivity index (χ0n) is 11.1. The molecule has 3 nitrogen and oxygen atoms in total. The lowest BCUT2D eigenvalue weighted by molar-refractivity contribution is 0.0486. The van der Waals surface area contributed by atoms with E-state index in [0.717, 1.165) is 18.7 Å². The van der Waals surface area contributed by atoms with Gasteiger partial charge in [-0.1, -0.05) is 18.2 Å². The Hall–Kier alpha value is -1.71. The Labute approximate surface area is 113 Å². The van der Waals surface area contributed by atoms with Gasteiger partial charge in [0, 0.05) is 18.4 Å². The van der Waals surface area contributed by atoms with Gasteiger partial charge in [-0.25, -0.2) is 0 Å². The highest BCUT2D eigenvalue weighted by Gasteiger charge is 2.21. The van der Waals surface area contributed by atoms with Crippen molar-refractivity contribution in [2.75, 3.05) is 13.2 Å². The maximum atomic E-state index is 5.80. The van der Waals surface area contributed by atoms with Gasteiger partial charge in [0.05, 0.1) is 12.7 Å². The van der Waals surface area contributed by atoms with Gasteiger partial charge in [0.2, 0.25) is 0 Å². The van der Waals surface area contributed by atoms with E-state index in [-0.39, 0.29) is 6.10 Å². The summed E-state index contributed by atoms with van der Waals surface area (Å²) in [6.07, 6.45) is 2.85. The van der Waals surface area contributed by atoms with Crippen LogP contribution in [0.1, 0.15) is 22.9 Å². The first kappa shape index (κ1) is 12.3. The normalized spacial score (nSPS) is 18.1. The Morgan fingerprint density at radius 2 is 2.26 bits per heavy atom. The molecule has 3 heteroatoms. The summed E-state index contributed by atoms with van der Waals surface area (Å²) in [7, 11) is 0. The fourth-order valence-electron chi connectivity index (χ4n) is 2.76. The lowest BCUT2D eigenvalue weighted by Crippen LogP contribution is -2.23. The van der Waals surface area contributed by atoms with Crippen LogP contribution in [0.2, 0.25) is 0 Å². The third-order valence-electron chi connectivity index (χ3n) is 3.65. The number of ether oxygens (including phenoxy) is 1. The Bertz CT molecular complexity index is 595. The minimum atomic E-state index is 0.0339. The number of aromatic nitrogens is 1. The molecular weight excluding hydrogens is 236 g/mol. The molecule has 0 unspecified atom stereocenters. The molecule has 0 amide bonds. The van der Waals surface area contributed by atoms with Gasteiger partial charge in [0.15, 0.2) is 0 Å². The van der Waals surface area contributed by atoms with Crippen molar-refractivity contribution < 1.29 is 4.74 Å². The van der Waals surface area contributed by atoms with Crippen molar-refractivity contribution >= 4 is 0 Å². The van der Waals surface area contributed by atoms with Crippen LogP contribution >= 0.6 is 0 Å². The van der Waals surface area contributed by atoms with Gasteiger partial charge < -0.3 is 10.5 Å². The highest BCUT2D eigenvalue weighted by Crippen LogP contribution is 2.34. The number of benzene rings is 1. The molecule has 0 fully saturated rings. The van der Waals surface area contributed by atoms with Crippen LogP contribution in [0.4, 0.5) is 0 Å². The fraction of sp³-hybridized carbons (Fsp3) is 0.312. The van der Waals surface area contributed by atoms with Crippen molar-refractivity contribution in [3.05, 3.63) is 53.3 Å².